The molecule has 1 aromatic carbocycles. The lowest BCUT2D eigenvalue weighted by molar-refractivity contribution is -0.123. The molecular formula is C14H17NO4. The van der Waals surface area contributed by atoms with Gasteiger partial charge in [0.15, 0.2) is 6.61 Å². The van der Waals surface area contributed by atoms with Crippen LogP contribution in [0.1, 0.15) is 28.8 Å². The van der Waals surface area contributed by atoms with Gasteiger partial charge in [0, 0.05) is 12.1 Å². The first-order valence-corrected chi connectivity index (χ1v) is 6.30. The van der Waals surface area contributed by atoms with Crippen LogP contribution < -0.4 is 10.1 Å². The van der Waals surface area contributed by atoms with Crippen molar-refractivity contribution in [3.8, 4) is 5.75 Å². The van der Waals surface area contributed by atoms with Gasteiger partial charge in [-0.15, -0.1) is 0 Å². The predicted octanol–water partition coefficient (Wildman–Crippen LogP) is 1.60. The van der Waals surface area contributed by atoms with Gasteiger partial charge < -0.3 is 15.2 Å². The van der Waals surface area contributed by atoms with Crippen molar-refractivity contribution in [1.82, 2.24) is 5.32 Å². The van der Waals surface area contributed by atoms with Crippen LogP contribution in [-0.2, 0) is 4.79 Å². The van der Waals surface area contributed by atoms with Gasteiger partial charge in [-0.1, -0.05) is 6.07 Å². The van der Waals surface area contributed by atoms with Gasteiger partial charge in [0.05, 0.1) is 5.56 Å². The van der Waals surface area contributed by atoms with Gasteiger partial charge in [-0.3, -0.25) is 4.79 Å². The lowest BCUT2D eigenvalue weighted by Gasteiger charge is -2.10. The van der Waals surface area contributed by atoms with Gasteiger partial charge in [0.25, 0.3) is 5.91 Å². The third-order valence-electron chi connectivity index (χ3n) is 3.16. The molecule has 0 aromatic heterocycles. The number of hydrogen-bond acceptors (Lipinski definition) is 3. The average Bonchev–Trinajstić information content (AvgIpc) is 3.18. The fraction of sp³-hybridized carbons (Fsp3) is 0.429. The molecular weight excluding hydrogens is 246 g/mol. The summed E-state index contributed by atoms with van der Waals surface area (Å²) in [5.41, 5.74) is 0.723. The average molecular weight is 263 g/mol. The van der Waals surface area contributed by atoms with Crippen LogP contribution >= 0.6 is 0 Å². The number of carboxylic acid groups (broad SMARTS) is 1. The molecule has 1 fully saturated rings. The molecule has 5 heteroatoms. The molecule has 2 N–H and O–H groups in total. The molecule has 102 valence electrons. The van der Waals surface area contributed by atoms with E-state index in [1.807, 2.05) is 0 Å². The van der Waals surface area contributed by atoms with Gasteiger partial charge in [0.2, 0.25) is 0 Å². The van der Waals surface area contributed by atoms with Crippen molar-refractivity contribution in [2.45, 2.75) is 19.8 Å². The van der Waals surface area contributed by atoms with Crippen molar-refractivity contribution in [2.75, 3.05) is 13.2 Å². The number of benzene rings is 1. The number of carboxylic acids is 1. The first-order valence-electron chi connectivity index (χ1n) is 6.30. The molecule has 5 nitrogen and oxygen atoms in total. The Kier molecular flexibility index (Phi) is 4.04. The molecule has 0 aliphatic heterocycles. The summed E-state index contributed by atoms with van der Waals surface area (Å²) in [7, 11) is 0. The van der Waals surface area contributed by atoms with Gasteiger partial charge in [-0.05, 0) is 37.8 Å². The summed E-state index contributed by atoms with van der Waals surface area (Å²) in [4.78, 5) is 22.5. The Bertz CT molecular complexity index is 494. The molecule has 1 amide bonds. The van der Waals surface area contributed by atoms with E-state index in [4.69, 9.17) is 9.84 Å². The van der Waals surface area contributed by atoms with Crippen LogP contribution in [0.3, 0.4) is 0 Å². The smallest absolute Gasteiger partial charge is 0.336 e. The molecule has 0 unspecified atom stereocenters. The van der Waals surface area contributed by atoms with E-state index in [2.05, 4.69) is 5.32 Å². The summed E-state index contributed by atoms with van der Waals surface area (Å²) >= 11 is 0. The molecule has 1 aromatic rings. The maximum atomic E-state index is 11.5. The van der Waals surface area contributed by atoms with Crippen LogP contribution in [-0.4, -0.2) is 30.1 Å². The lowest BCUT2D eigenvalue weighted by atomic mass is 10.1. The molecule has 0 radical (unpaired) electrons. The SMILES string of the molecule is Cc1c(OCC(=O)NCC2CC2)cccc1C(=O)O. The molecule has 0 saturated heterocycles. The Balaban J connectivity index is 1.89. The van der Waals surface area contributed by atoms with Gasteiger partial charge in [-0.2, -0.15) is 0 Å². The van der Waals surface area contributed by atoms with Crippen molar-refractivity contribution in [1.29, 1.82) is 0 Å². The van der Waals surface area contributed by atoms with Crippen molar-refractivity contribution < 1.29 is 19.4 Å². The minimum absolute atomic E-state index is 0.0867. The fourth-order valence-corrected chi connectivity index (χ4v) is 1.78. The summed E-state index contributed by atoms with van der Waals surface area (Å²) in [6.07, 6.45) is 2.36. The van der Waals surface area contributed by atoms with E-state index in [0.717, 1.165) is 0 Å². The van der Waals surface area contributed by atoms with Crippen molar-refractivity contribution >= 4 is 11.9 Å². The number of hydrogen-bond donors (Lipinski definition) is 2. The molecule has 2 rings (SSSR count). The Labute approximate surface area is 111 Å². The zero-order valence-corrected chi connectivity index (χ0v) is 10.8. The summed E-state index contributed by atoms with van der Waals surface area (Å²) in [6.45, 7) is 2.29. The predicted molar refractivity (Wildman–Crippen MR) is 69.4 cm³/mol. The van der Waals surface area contributed by atoms with Crippen molar-refractivity contribution in [3.05, 3.63) is 29.3 Å². The summed E-state index contributed by atoms with van der Waals surface area (Å²) in [5.74, 6) is -0.115. The van der Waals surface area contributed by atoms with Crippen LogP contribution in [0.15, 0.2) is 18.2 Å². The molecule has 19 heavy (non-hydrogen) atoms. The number of aromatic carboxylic acids is 1. The standard InChI is InChI=1S/C14H17NO4/c1-9-11(14(17)18)3-2-4-12(9)19-8-13(16)15-7-10-5-6-10/h2-4,10H,5-8H2,1H3,(H,15,16)(H,17,18). The second kappa shape index (κ2) is 5.73. The normalized spacial score (nSPS) is 13.9. The maximum Gasteiger partial charge on any atom is 0.336 e. The summed E-state index contributed by atoms with van der Waals surface area (Å²) < 4.78 is 5.37. The number of carbonyl (C=O) groups excluding carboxylic acids is 1. The molecule has 1 saturated carbocycles. The number of rotatable bonds is 6. The maximum absolute atomic E-state index is 11.5. The highest BCUT2D eigenvalue weighted by atomic mass is 16.5. The van der Waals surface area contributed by atoms with Crippen LogP contribution in [0.5, 0.6) is 5.75 Å². The monoisotopic (exact) mass is 263 g/mol. The zero-order valence-electron chi connectivity index (χ0n) is 10.8. The lowest BCUT2D eigenvalue weighted by Crippen LogP contribution is -2.30. The Morgan fingerprint density at radius 2 is 2.16 bits per heavy atom. The first kappa shape index (κ1) is 13.4. The van der Waals surface area contributed by atoms with E-state index in [1.165, 1.54) is 18.9 Å². The highest BCUT2D eigenvalue weighted by Crippen LogP contribution is 2.27. The van der Waals surface area contributed by atoms with Gasteiger partial charge >= 0.3 is 5.97 Å². The number of ether oxygens (including phenoxy) is 1. The van der Waals surface area contributed by atoms with Gasteiger partial charge in [-0.25, -0.2) is 4.79 Å². The van der Waals surface area contributed by atoms with E-state index in [9.17, 15) is 9.59 Å². The summed E-state index contributed by atoms with van der Waals surface area (Å²) in [5, 5.41) is 11.8. The van der Waals surface area contributed by atoms with Crippen LogP contribution in [0.2, 0.25) is 0 Å². The van der Waals surface area contributed by atoms with Crippen LogP contribution in [0.25, 0.3) is 0 Å². The van der Waals surface area contributed by atoms with E-state index in [1.54, 1.807) is 19.1 Å². The van der Waals surface area contributed by atoms with E-state index < -0.39 is 5.97 Å². The number of carbonyl (C=O) groups is 2. The van der Waals surface area contributed by atoms with E-state index >= 15 is 0 Å². The van der Waals surface area contributed by atoms with Crippen LogP contribution in [0, 0.1) is 12.8 Å². The molecule has 1 aliphatic rings. The Morgan fingerprint density at radius 3 is 2.79 bits per heavy atom. The molecule has 0 heterocycles. The number of nitrogens with one attached hydrogen (secondary N) is 1. The van der Waals surface area contributed by atoms with E-state index in [-0.39, 0.29) is 18.1 Å². The fourth-order valence-electron chi connectivity index (χ4n) is 1.78. The second-order valence-corrected chi connectivity index (χ2v) is 4.77. The third kappa shape index (κ3) is 3.71. The highest BCUT2D eigenvalue weighted by Gasteiger charge is 2.21. The number of amides is 1. The summed E-state index contributed by atoms with van der Waals surface area (Å²) in [6, 6.07) is 4.78. The zero-order chi connectivity index (χ0) is 13.8. The molecule has 1 aliphatic carbocycles. The second-order valence-electron chi connectivity index (χ2n) is 4.77. The topological polar surface area (TPSA) is 75.6 Å². The van der Waals surface area contributed by atoms with Crippen molar-refractivity contribution in [3.63, 3.8) is 0 Å². The first-order chi connectivity index (χ1) is 9.08. The largest absolute Gasteiger partial charge is 0.483 e. The Hall–Kier alpha value is -2.04. The third-order valence-corrected chi connectivity index (χ3v) is 3.16. The Morgan fingerprint density at radius 1 is 1.42 bits per heavy atom. The van der Waals surface area contributed by atoms with E-state index in [0.29, 0.717) is 23.8 Å². The minimum atomic E-state index is -0.999. The highest BCUT2D eigenvalue weighted by molar-refractivity contribution is 5.90. The van der Waals surface area contributed by atoms with Gasteiger partial charge in [0.1, 0.15) is 5.75 Å². The molecule has 0 spiro atoms. The van der Waals surface area contributed by atoms with Crippen molar-refractivity contribution in [2.24, 2.45) is 5.92 Å². The quantitative estimate of drug-likeness (QED) is 0.817. The molecule has 0 atom stereocenters. The van der Waals surface area contributed by atoms with Crippen LogP contribution in [0.4, 0.5) is 0 Å². The minimum Gasteiger partial charge on any atom is -0.483 e. The molecule has 0 bridgehead atoms.